The second-order valence-electron chi connectivity index (χ2n) is 6.80. The quantitative estimate of drug-likeness (QED) is 0.737. The number of halogens is 4. The lowest BCUT2D eigenvalue weighted by Crippen LogP contribution is -2.17. The Labute approximate surface area is 170 Å². The molecule has 1 aliphatic rings. The van der Waals surface area contributed by atoms with Crippen LogP contribution >= 0.6 is 11.6 Å². The van der Waals surface area contributed by atoms with Crippen molar-refractivity contribution in [3.8, 4) is 0 Å². The predicted molar refractivity (Wildman–Crippen MR) is 101 cm³/mol. The molecule has 0 amide bonds. The number of alkyl halides is 3. The van der Waals surface area contributed by atoms with Crippen LogP contribution in [0.3, 0.4) is 0 Å². The summed E-state index contributed by atoms with van der Waals surface area (Å²) in [5.41, 5.74) is -1.15. The summed E-state index contributed by atoms with van der Waals surface area (Å²) < 4.78 is 91.7. The molecule has 3 rings (SSSR count). The van der Waals surface area contributed by atoms with E-state index in [2.05, 4.69) is 9.82 Å². The minimum absolute atomic E-state index is 0.0126. The van der Waals surface area contributed by atoms with Crippen LogP contribution in [0.1, 0.15) is 29.4 Å². The van der Waals surface area contributed by atoms with Crippen LogP contribution in [0.15, 0.2) is 23.1 Å². The van der Waals surface area contributed by atoms with Gasteiger partial charge in [0.1, 0.15) is 4.90 Å². The monoisotopic (exact) mass is 471 g/mol. The molecule has 7 nitrogen and oxygen atoms in total. The summed E-state index contributed by atoms with van der Waals surface area (Å²) in [7, 11) is -7.50. The zero-order chi connectivity index (χ0) is 21.8. The van der Waals surface area contributed by atoms with Gasteiger partial charge in [-0.2, -0.15) is 18.3 Å². The number of benzene rings is 1. The summed E-state index contributed by atoms with van der Waals surface area (Å²) >= 11 is 5.56. The van der Waals surface area contributed by atoms with Crippen molar-refractivity contribution in [1.29, 1.82) is 0 Å². The van der Waals surface area contributed by atoms with Gasteiger partial charge in [0.2, 0.25) is 0 Å². The van der Waals surface area contributed by atoms with Crippen LogP contribution in [0.5, 0.6) is 0 Å². The van der Waals surface area contributed by atoms with Gasteiger partial charge in [0.25, 0.3) is 10.0 Å². The number of aromatic nitrogens is 2. The van der Waals surface area contributed by atoms with Crippen molar-refractivity contribution in [3.05, 3.63) is 40.2 Å². The standard InChI is InChI=1S/C16H17ClF3N3O4S2/c1-9-15(10(2)23(21-9)12-5-6-28(24,25)8-12)29(26,27)22-11-3-4-14(17)13(7-11)16(18,19)20/h3-4,7,12,22H,5-6,8H2,1-2H3/t12-/m1/s1. The molecular weight excluding hydrogens is 455 g/mol. The van der Waals surface area contributed by atoms with E-state index in [1.807, 2.05) is 0 Å². The Morgan fingerprint density at radius 2 is 1.93 bits per heavy atom. The Balaban J connectivity index is 1.97. The number of hydrogen-bond donors (Lipinski definition) is 1. The summed E-state index contributed by atoms with van der Waals surface area (Å²) in [6, 6.07) is 2.19. The SMILES string of the molecule is Cc1nn([C@@H]2CCS(=O)(=O)C2)c(C)c1S(=O)(=O)Nc1ccc(Cl)c(C(F)(F)F)c1. The fraction of sp³-hybridized carbons (Fsp3) is 0.438. The van der Waals surface area contributed by atoms with Crippen LogP contribution in [-0.4, -0.2) is 38.1 Å². The lowest BCUT2D eigenvalue weighted by atomic mass is 10.2. The van der Waals surface area contributed by atoms with Gasteiger partial charge >= 0.3 is 6.18 Å². The molecule has 29 heavy (non-hydrogen) atoms. The number of aryl methyl sites for hydroxylation is 1. The fourth-order valence-corrected chi connectivity index (χ4v) is 6.74. The number of sulfonamides is 1. The third kappa shape index (κ3) is 4.38. The normalized spacial score (nSPS) is 19.4. The number of sulfone groups is 1. The highest BCUT2D eigenvalue weighted by Crippen LogP contribution is 2.37. The molecule has 1 N–H and O–H groups in total. The van der Waals surface area contributed by atoms with E-state index < -0.39 is 42.7 Å². The Hall–Kier alpha value is -1.79. The molecule has 160 valence electrons. The highest BCUT2D eigenvalue weighted by atomic mass is 35.5. The van der Waals surface area contributed by atoms with Crippen molar-refractivity contribution in [2.75, 3.05) is 16.2 Å². The van der Waals surface area contributed by atoms with Gasteiger partial charge in [-0.25, -0.2) is 16.8 Å². The van der Waals surface area contributed by atoms with Gasteiger partial charge in [-0.05, 0) is 38.5 Å². The second-order valence-corrected chi connectivity index (χ2v) is 11.1. The van der Waals surface area contributed by atoms with E-state index in [4.69, 9.17) is 11.6 Å². The van der Waals surface area contributed by atoms with E-state index in [0.717, 1.165) is 12.1 Å². The van der Waals surface area contributed by atoms with Crippen molar-refractivity contribution in [3.63, 3.8) is 0 Å². The highest BCUT2D eigenvalue weighted by molar-refractivity contribution is 7.92. The molecule has 2 aromatic rings. The molecule has 0 unspecified atom stereocenters. The van der Waals surface area contributed by atoms with Gasteiger partial charge in [0.15, 0.2) is 9.84 Å². The second kappa shape index (κ2) is 7.17. The number of anilines is 1. The van der Waals surface area contributed by atoms with E-state index in [1.165, 1.54) is 18.5 Å². The van der Waals surface area contributed by atoms with Gasteiger partial charge in [0.05, 0.1) is 39.5 Å². The van der Waals surface area contributed by atoms with Crippen LogP contribution in [0.4, 0.5) is 18.9 Å². The number of nitrogens with one attached hydrogen (secondary N) is 1. The molecular formula is C16H17ClF3N3O4S2. The lowest BCUT2D eigenvalue weighted by Gasteiger charge is -2.14. The maximum atomic E-state index is 13.0. The zero-order valence-corrected chi connectivity index (χ0v) is 17.7. The molecule has 1 atom stereocenters. The molecule has 1 aliphatic heterocycles. The topological polar surface area (TPSA) is 98.1 Å². The molecule has 1 aromatic heterocycles. The number of rotatable bonds is 4. The maximum Gasteiger partial charge on any atom is 0.417 e. The zero-order valence-electron chi connectivity index (χ0n) is 15.3. The minimum atomic E-state index is -4.75. The van der Waals surface area contributed by atoms with E-state index in [-0.39, 0.29) is 33.5 Å². The minimum Gasteiger partial charge on any atom is -0.280 e. The Morgan fingerprint density at radius 1 is 1.28 bits per heavy atom. The van der Waals surface area contributed by atoms with Gasteiger partial charge in [0, 0.05) is 5.69 Å². The first kappa shape index (κ1) is 21.9. The average Bonchev–Trinajstić information content (AvgIpc) is 3.07. The van der Waals surface area contributed by atoms with Crippen LogP contribution in [0.2, 0.25) is 5.02 Å². The van der Waals surface area contributed by atoms with Gasteiger partial charge in [-0.3, -0.25) is 9.40 Å². The first-order valence-electron chi connectivity index (χ1n) is 8.37. The van der Waals surface area contributed by atoms with Crippen LogP contribution in [0, 0.1) is 13.8 Å². The molecule has 0 aliphatic carbocycles. The largest absolute Gasteiger partial charge is 0.417 e. The summed E-state index contributed by atoms with van der Waals surface area (Å²) in [6.07, 6.45) is -4.44. The molecule has 2 heterocycles. The summed E-state index contributed by atoms with van der Waals surface area (Å²) in [5.74, 6) is -0.157. The average molecular weight is 472 g/mol. The van der Waals surface area contributed by atoms with E-state index in [0.29, 0.717) is 12.5 Å². The fourth-order valence-electron chi connectivity index (χ4n) is 3.37. The maximum absolute atomic E-state index is 13.0. The van der Waals surface area contributed by atoms with Crippen LogP contribution < -0.4 is 4.72 Å². The summed E-state index contributed by atoms with van der Waals surface area (Å²) in [5, 5.41) is 3.62. The van der Waals surface area contributed by atoms with Crippen molar-refractivity contribution < 1.29 is 30.0 Å². The molecule has 1 saturated heterocycles. The first-order valence-corrected chi connectivity index (χ1v) is 12.1. The predicted octanol–water partition coefficient (Wildman–Crippen LogP) is 3.33. The smallest absolute Gasteiger partial charge is 0.280 e. The summed E-state index contributed by atoms with van der Waals surface area (Å²) in [4.78, 5) is -0.203. The molecule has 0 radical (unpaired) electrons. The number of hydrogen-bond acceptors (Lipinski definition) is 5. The molecule has 1 fully saturated rings. The van der Waals surface area contributed by atoms with Gasteiger partial charge in [-0.15, -0.1) is 0 Å². The van der Waals surface area contributed by atoms with E-state index in [9.17, 15) is 30.0 Å². The lowest BCUT2D eigenvalue weighted by molar-refractivity contribution is -0.137. The van der Waals surface area contributed by atoms with Crippen molar-refractivity contribution in [2.45, 2.75) is 37.4 Å². The summed E-state index contributed by atoms with van der Waals surface area (Å²) in [6.45, 7) is 2.91. The van der Waals surface area contributed by atoms with Gasteiger partial charge < -0.3 is 0 Å². The first-order chi connectivity index (χ1) is 13.2. The van der Waals surface area contributed by atoms with Crippen molar-refractivity contribution in [1.82, 2.24) is 9.78 Å². The molecule has 0 bridgehead atoms. The Kier molecular flexibility index (Phi) is 5.41. The molecule has 1 aromatic carbocycles. The Morgan fingerprint density at radius 3 is 2.48 bits per heavy atom. The van der Waals surface area contributed by atoms with E-state index in [1.54, 1.807) is 0 Å². The third-order valence-electron chi connectivity index (χ3n) is 4.61. The molecule has 0 spiro atoms. The third-order valence-corrected chi connectivity index (χ3v) is 8.32. The van der Waals surface area contributed by atoms with Crippen LogP contribution in [-0.2, 0) is 26.0 Å². The van der Waals surface area contributed by atoms with Gasteiger partial charge in [-0.1, -0.05) is 11.6 Å². The van der Waals surface area contributed by atoms with Crippen LogP contribution in [0.25, 0.3) is 0 Å². The van der Waals surface area contributed by atoms with Crippen molar-refractivity contribution in [2.24, 2.45) is 0 Å². The van der Waals surface area contributed by atoms with Crippen molar-refractivity contribution >= 4 is 37.1 Å². The number of nitrogens with zero attached hydrogens (tertiary/aromatic N) is 2. The molecule has 13 heteroatoms. The van der Waals surface area contributed by atoms with E-state index >= 15 is 0 Å². The Bertz CT molecular complexity index is 1170. The highest BCUT2D eigenvalue weighted by Gasteiger charge is 2.35. The molecule has 0 saturated carbocycles.